The summed E-state index contributed by atoms with van der Waals surface area (Å²) in [7, 11) is 1.50. The van der Waals surface area contributed by atoms with Crippen molar-refractivity contribution in [2.45, 2.75) is 12.3 Å². The van der Waals surface area contributed by atoms with E-state index in [-0.39, 0.29) is 18.4 Å². The van der Waals surface area contributed by atoms with Crippen LogP contribution in [-0.4, -0.2) is 26.2 Å². The molecule has 0 atom stereocenters. The summed E-state index contributed by atoms with van der Waals surface area (Å²) >= 11 is 0. The average molecular weight is 400 g/mol. The van der Waals surface area contributed by atoms with Gasteiger partial charge in [0.25, 0.3) is 5.91 Å². The Morgan fingerprint density at radius 3 is 2.17 bits per heavy atom. The van der Waals surface area contributed by atoms with Crippen LogP contribution in [0.2, 0.25) is 0 Å². The number of methoxy groups -OCH3 is 1. The van der Waals surface area contributed by atoms with Gasteiger partial charge >= 0.3 is 0 Å². The highest BCUT2D eigenvalue weighted by Gasteiger charge is 2.14. The van der Waals surface area contributed by atoms with Gasteiger partial charge in [0.15, 0.2) is 18.1 Å². The van der Waals surface area contributed by atoms with Crippen molar-refractivity contribution in [2.24, 2.45) is 0 Å². The third-order valence-electron chi connectivity index (χ3n) is 4.81. The number of nitrogens with one attached hydrogen (secondary N) is 1. The van der Waals surface area contributed by atoms with E-state index in [1.54, 1.807) is 18.2 Å². The van der Waals surface area contributed by atoms with Crippen LogP contribution in [0.15, 0.2) is 78.9 Å². The summed E-state index contributed by atoms with van der Waals surface area (Å²) in [4.78, 5) is 12.3. The number of nitriles is 1. The molecular formula is C25H24N2O3. The predicted octanol–water partition coefficient (Wildman–Crippen LogP) is 4.28. The Morgan fingerprint density at radius 1 is 0.967 bits per heavy atom. The Bertz CT molecular complexity index is 958. The molecule has 0 unspecified atom stereocenters. The van der Waals surface area contributed by atoms with Gasteiger partial charge in [-0.2, -0.15) is 5.26 Å². The molecule has 1 amide bonds. The van der Waals surface area contributed by atoms with Gasteiger partial charge in [0.05, 0.1) is 18.7 Å². The van der Waals surface area contributed by atoms with E-state index in [2.05, 4.69) is 29.6 Å². The third-order valence-corrected chi connectivity index (χ3v) is 4.81. The van der Waals surface area contributed by atoms with Crippen molar-refractivity contribution in [1.29, 1.82) is 5.26 Å². The van der Waals surface area contributed by atoms with Crippen LogP contribution in [0.4, 0.5) is 0 Å². The molecule has 0 bridgehead atoms. The summed E-state index contributed by atoms with van der Waals surface area (Å²) in [5.74, 6) is 0.849. The molecule has 30 heavy (non-hydrogen) atoms. The predicted molar refractivity (Wildman–Crippen MR) is 116 cm³/mol. The average Bonchev–Trinajstić information content (AvgIpc) is 2.81. The first kappa shape index (κ1) is 20.9. The van der Waals surface area contributed by atoms with Gasteiger partial charge < -0.3 is 14.8 Å². The molecule has 152 valence electrons. The minimum atomic E-state index is -0.207. The monoisotopic (exact) mass is 400 g/mol. The molecule has 0 heterocycles. The summed E-state index contributed by atoms with van der Waals surface area (Å²) in [6.07, 6.45) is 0.778. The molecule has 5 heteroatoms. The molecule has 0 radical (unpaired) electrons. The van der Waals surface area contributed by atoms with Crippen molar-refractivity contribution in [1.82, 2.24) is 5.32 Å². The van der Waals surface area contributed by atoms with Crippen LogP contribution in [0.5, 0.6) is 11.5 Å². The van der Waals surface area contributed by atoms with Crippen LogP contribution in [-0.2, 0) is 4.79 Å². The van der Waals surface area contributed by atoms with E-state index in [0.29, 0.717) is 23.6 Å². The molecule has 5 nitrogen and oxygen atoms in total. The minimum absolute atomic E-state index is 0.121. The Morgan fingerprint density at radius 2 is 1.60 bits per heavy atom. The minimum Gasteiger partial charge on any atom is -0.493 e. The first-order chi connectivity index (χ1) is 14.7. The second-order valence-electron chi connectivity index (χ2n) is 6.78. The fourth-order valence-electron chi connectivity index (χ4n) is 3.30. The van der Waals surface area contributed by atoms with Gasteiger partial charge in [-0.3, -0.25) is 4.79 Å². The first-order valence-electron chi connectivity index (χ1n) is 9.79. The highest BCUT2D eigenvalue weighted by Crippen LogP contribution is 2.28. The Labute approximate surface area is 176 Å². The Kier molecular flexibility index (Phi) is 7.45. The summed E-state index contributed by atoms with van der Waals surface area (Å²) in [6.45, 7) is 0.407. The van der Waals surface area contributed by atoms with E-state index in [1.807, 2.05) is 42.5 Å². The van der Waals surface area contributed by atoms with Crippen LogP contribution < -0.4 is 14.8 Å². The molecule has 0 fully saturated rings. The SMILES string of the molecule is COc1cc(C#N)ccc1OCC(=O)NCCC(c1ccccc1)c1ccccc1. The zero-order chi connectivity index (χ0) is 21.2. The van der Waals surface area contributed by atoms with E-state index in [1.165, 1.54) is 18.2 Å². The number of nitrogens with zero attached hydrogens (tertiary/aromatic N) is 1. The Balaban J connectivity index is 1.56. The number of hydrogen-bond donors (Lipinski definition) is 1. The third kappa shape index (κ3) is 5.62. The largest absolute Gasteiger partial charge is 0.493 e. The van der Waals surface area contributed by atoms with Crippen molar-refractivity contribution in [3.8, 4) is 17.6 Å². The van der Waals surface area contributed by atoms with Gasteiger partial charge in [0.1, 0.15) is 0 Å². The number of carbonyl (C=O) groups is 1. The molecule has 3 rings (SSSR count). The lowest BCUT2D eigenvalue weighted by Crippen LogP contribution is -2.30. The molecule has 0 aliphatic rings. The number of hydrogen-bond acceptors (Lipinski definition) is 4. The summed E-state index contributed by atoms with van der Waals surface area (Å²) in [5.41, 5.74) is 2.91. The first-order valence-corrected chi connectivity index (χ1v) is 9.79. The standard InChI is InChI=1S/C25H24N2O3/c1-29-24-16-19(17-26)12-13-23(24)30-18-25(28)27-15-14-22(20-8-4-2-5-9-20)21-10-6-3-7-11-21/h2-13,16,22H,14-15,18H2,1H3,(H,27,28). The molecule has 0 aliphatic heterocycles. The van der Waals surface area contributed by atoms with Crippen LogP contribution in [0.1, 0.15) is 29.0 Å². The van der Waals surface area contributed by atoms with Crippen molar-refractivity contribution in [2.75, 3.05) is 20.3 Å². The number of benzene rings is 3. The molecule has 3 aromatic rings. The molecule has 0 spiro atoms. The molecule has 1 N–H and O–H groups in total. The van der Waals surface area contributed by atoms with E-state index in [4.69, 9.17) is 14.7 Å². The number of carbonyl (C=O) groups excluding carboxylic acids is 1. The highest BCUT2D eigenvalue weighted by molar-refractivity contribution is 5.77. The molecule has 0 aliphatic carbocycles. The van der Waals surface area contributed by atoms with Crippen molar-refractivity contribution >= 4 is 5.91 Å². The van der Waals surface area contributed by atoms with Crippen LogP contribution in [0.25, 0.3) is 0 Å². The van der Waals surface area contributed by atoms with Gasteiger partial charge in [-0.15, -0.1) is 0 Å². The molecule has 3 aromatic carbocycles. The molecule has 0 saturated heterocycles. The van der Waals surface area contributed by atoms with Gasteiger partial charge in [-0.05, 0) is 29.7 Å². The fourth-order valence-corrected chi connectivity index (χ4v) is 3.30. The zero-order valence-corrected chi connectivity index (χ0v) is 16.9. The maximum Gasteiger partial charge on any atom is 0.257 e. The normalized spacial score (nSPS) is 10.3. The Hall–Kier alpha value is -3.78. The lowest BCUT2D eigenvalue weighted by Gasteiger charge is -2.18. The van der Waals surface area contributed by atoms with Gasteiger partial charge in [0, 0.05) is 18.5 Å². The lowest BCUT2D eigenvalue weighted by molar-refractivity contribution is -0.123. The van der Waals surface area contributed by atoms with E-state index in [9.17, 15) is 4.79 Å². The fraction of sp³-hybridized carbons (Fsp3) is 0.200. The maximum absolute atomic E-state index is 12.3. The second-order valence-corrected chi connectivity index (χ2v) is 6.78. The van der Waals surface area contributed by atoms with Crippen LogP contribution in [0, 0.1) is 11.3 Å². The molecule has 0 aromatic heterocycles. The molecular weight excluding hydrogens is 376 g/mol. The van der Waals surface area contributed by atoms with Crippen molar-refractivity contribution in [3.63, 3.8) is 0 Å². The quantitative estimate of drug-likeness (QED) is 0.582. The van der Waals surface area contributed by atoms with Crippen molar-refractivity contribution in [3.05, 3.63) is 95.6 Å². The summed E-state index contributed by atoms with van der Waals surface area (Å²) in [6, 6.07) is 27.5. The van der Waals surface area contributed by atoms with Gasteiger partial charge in [-0.1, -0.05) is 60.7 Å². The topological polar surface area (TPSA) is 71.3 Å². The summed E-state index contributed by atoms with van der Waals surface area (Å²) in [5, 5.41) is 11.9. The maximum atomic E-state index is 12.3. The molecule has 0 saturated carbocycles. The number of ether oxygens (including phenoxy) is 2. The van der Waals surface area contributed by atoms with Crippen molar-refractivity contribution < 1.29 is 14.3 Å². The van der Waals surface area contributed by atoms with Gasteiger partial charge in [0.2, 0.25) is 0 Å². The van der Waals surface area contributed by atoms with Crippen LogP contribution >= 0.6 is 0 Å². The second kappa shape index (κ2) is 10.7. The van der Waals surface area contributed by atoms with E-state index < -0.39 is 0 Å². The van der Waals surface area contributed by atoms with E-state index >= 15 is 0 Å². The highest BCUT2D eigenvalue weighted by atomic mass is 16.5. The summed E-state index contributed by atoms with van der Waals surface area (Å²) < 4.78 is 10.8. The smallest absolute Gasteiger partial charge is 0.257 e. The van der Waals surface area contributed by atoms with E-state index in [0.717, 1.165) is 6.42 Å². The van der Waals surface area contributed by atoms with Crippen LogP contribution in [0.3, 0.4) is 0 Å². The lowest BCUT2D eigenvalue weighted by atomic mass is 9.88. The zero-order valence-electron chi connectivity index (χ0n) is 16.9. The number of rotatable bonds is 9. The number of amides is 1. The van der Waals surface area contributed by atoms with Gasteiger partial charge in [-0.25, -0.2) is 0 Å².